The largest absolute Gasteiger partial charge is 0.416 e. The minimum Gasteiger partial charge on any atom is -0.379 e. The van der Waals surface area contributed by atoms with Gasteiger partial charge in [0.1, 0.15) is 0 Å². The summed E-state index contributed by atoms with van der Waals surface area (Å²) in [7, 11) is -4.02. The van der Waals surface area contributed by atoms with Gasteiger partial charge in [0.2, 0.25) is 0 Å². The summed E-state index contributed by atoms with van der Waals surface area (Å²) in [5.41, 5.74) is -1.85. The van der Waals surface area contributed by atoms with Crippen molar-refractivity contribution in [3.05, 3.63) is 95.1 Å². The van der Waals surface area contributed by atoms with Crippen LogP contribution in [0.1, 0.15) is 52.9 Å². The second-order valence-electron chi connectivity index (χ2n) is 13.0. The number of sulfone groups is 1. The smallest absolute Gasteiger partial charge is 0.379 e. The number of carbonyl (C=O) groups excluding carboxylic acids is 1. The summed E-state index contributed by atoms with van der Waals surface area (Å²) in [6.07, 6.45) is -8.20. The number of amides is 1. The Morgan fingerprint density at radius 3 is 2.23 bits per heavy atom. The zero-order valence-corrected chi connectivity index (χ0v) is 29.1. The monoisotopic (exact) mass is 748 g/mol. The van der Waals surface area contributed by atoms with Gasteiger partial charge >= 0.3 is 12.4 Å². The Bertz CT molecular complexity index is 2010. The van der Waals surface area contributed by atoms with Crippen molar-refractivity contribution in [2.45, 2.75) is 55.6 Å². The van der Waals surface area contributed by atoms with E-state index in [9.17, 15) is 39.6 Å². The van der Waals surface area contributed by atoms with Crippen molar-refractivity contribution in [2.24, 2.45) is 0 Å². The predicted octanol–water partition coefficient (Wildman–Crippen LogP) is 7.04. The van der Waals surface area contributed by atoms with Crippen LogP contribution in [-0.2, 0) is 27.3 Å². The molecular weight excluding hydrogens is 710 g/mol. The average molecular weight is 749 g/mol. The molecule has 2 aliphatic rings. The molecule has 2 saturated heterocycles. The van der Waals surface area contributed by atoms with Crippen molar-refractivity contribution in [3.63, 3.8) is 0 Å². The first-order valence-electron chi connectivity index (χ1n) is 17.0. The van der Waals surface area contributed by atoms with Crippen LogP contribution in [0.4, 0.5) is 26.3 Å². The highest BCUT2D eigenvalue weighted by Crippen LogP contribution is 2.39. The Morgan fingerprint density at radius 1 is 0.923 bits per heavy atom. The lowest BCUT2D eigenvalue weighted by Gasteiger charge is -2.40. The van der Waals surface area contributed by atoms with Gasteiger partial charge in [-0.2, -0.15) is 26.3 Å². The van der Waals surface area contributed by atoms with Crippen LogP contribution in [0.2, 0.25) is 0 Å². The van der Waals surface area contributed by atoms with Crippen molar-refractivity contribution < 1.29 is 44.3 Å². The van der Waals surface area contributed by atoms with E-state index in [-0.39, 0.29) is 62.1 Å². The lowest BCUT2D eigenvalue weighted by molar-refractivity contribution is -0.155. The fourth-order valence-electron chi connectivity index (χ4n) is 7.01. The Balaban J connectivity index is 1.55. The molecule has 0 spiro atoms. The molecule has 0 radical (unpaired) electrons. The first-order chi connectivity index (χ1) is 24.7. The number of para-hydroxylation sites is 1. The van der Waals surface area contributed by atoms with Gasteiger partial charge in [0.15, 0.2) is 15.9 Å². The lowest BCUT2D eigenvalue weighted by atomic mass is 9.93. The number of alkyl halides is 6. The number of piperidine rings is 1. The maximum atomic E-state index is 14.6. The third-order valence-electron chi connectivity index (χ3n) is 9.72. The number of fused-ring (bicyclic) bond motifs is 1. The molecule has 2 fully saturated rings. The van der Waals surface area contributed by atoms with Crippen molar-refractivity contribution >= 4 is 26.6 Å². The normalized spacial score (nSPS) is 17.7. The molecule has 52 heavy (non-hydrogen) atoms. The van der Waals surface area contributed by atoms with E-state index in [1.54, 1.807) is 0 Å². The molecule has 3 aromatic carbocycles. The van der Waals surface area contributed by atoms with E-state index in [2.05, 4.69) is 15.2 Å². The summed E-state index contributed by atoms with van der Waals surface area (Å²) in [4.78, 5) is 23.2. The number of carbonyl (C=O) groups is 1. The molecule has 0 unspecified atom stereocenters. The minimum absolute atomic E-state index is 0.0325. The first-order valence-corrected chi connectivity index (χ1v) is 18.6. The maximum absolute atomic E-state index is 14.6. The highest BCUT2D eigenvalue weighted by molar-refractivity contribution is 7.91. The van der Waals surface area contributed by atoms with Gasteiger partial charge in [-0.05, 0) is 49.7 Å². The first kappa shape index (κ1) is 37.7. The summed E-state index contributed by atoms with van der Waals surface area (Å²) in [5.74, 6) is -1.53. The summed E-state index contributed by atoms with van der Waals surface area (Å²) < 4.78 is 118. The number of nitrogens with one attached hydrogen (secondary N) is 1. The molecule has 8 nitrogen and oxygen atoms in total. The number of halogens is 6. The van der Waals surface area contributed by atoms with Crippen LogP contribution in [0.3, 0.4) is 0 Å². The molecule has 0 saturated carbocycles. The second kappa shape index (κ2) is 15.1. The number of morpholine rings is 1. The number of hydrogen-bond acceptors (Lipinski definition) is 7. The highest BCUT2D eigenvalue weighted by Gasteiger charge is 2.43. The molecule has 1 aromatic heterocycles. The number of pyridine rings is 1. The van der Waals surface area contributed by atoms with Gasteiger partial charge in [-0.15, -0.1) is 0 Å². The van der Waals surface area contributed by atoms with E-state index in [1.165, 1.54) is 67.6 Å². The standard InChI is InChI=1S/C37H38F6N4O4S/c1-2-52(49,50)30-13-7-12-28-31(35(48)45-34(37(41,42)43)24-8-4-3-5-9-24)29(23-46-16-14-27(15-17-46)47-18-20-51-21-19-47)32(44-33(28)30)25-10-6-11-26(22-25)36(38,39)40/h3-13,22,27,34H,2,14-21,23H2,1H3,(H,45,48)/t34-/m1/s1. The van der Waals surface area contributed by atoms with Gasteiger partial charge in [-0.1, -0.05) is 61.5 Å². The fourth-order valence-corrected chi connectivity index (χ4v) is 8.06. The molecule has 0 aliphatic carbocycles. The molecule has 6 rings (SSSR count). The van der Waals surface area contributed by atoms with Crippen LogP contribution in [0.5, 0.6) is 0 Å². The van der Waals surface area contributed by atoms with Gasteiger partial charge in [-0.3, -0.25) is 14.6 Å². The molecule has 1 atom stereocenters. The van der Waals surface area contributed by atoms with Crippen LogP contribution < -0.4 is 5.32 Å². The maximum Gasteiger partial charge on any atom is 0.416 e. The topological polar surface area (TPSA) is 91.8 Å². The minimum atomic E-state index is -4.93. The molecule has 2 aliphatic heterocycles. The number of likely N-dealkylation sites (tertiary alicyclic amines) is 1. The van der Waals surface area contributed by atoms with E-state index in [4.69, 9.17) is 4.74 Å². The van der Waals surface area contributed by atoms with Crippen LogP contribution in [0.25, 0.3) is 22.2 Å². The van der Waals surface area contributed by atoms with Crippen molar-refractivity contribution in [2.75, 3.05) is 45.1 Å². The second-order valence-corrected chi connectivity index (χ2v) is 15.2. The van der Waals surface area contributed by atoms with Crippen LogP contribution in [-0.4, -0.2) is 86.5 Å². The number of hydrogen-bond donors (Lipinski definition) is 1. The zero-order chi connectivity index (χ0) is 37.3. The van der Waals surface area contributed by atoms with Crippen molar-refractivity contribution in [3.8, 4) is 11.3 Å². The Kier molecular flexibility index (Phi) is 11.0. The molecule has 278 valence electrons. The Hall–Kier alpha value is -4.05. The molecule has 1 N–H and O–H groups in total. The van der Waals surface area contributed by atoms with E-state index >= 15 is 0 Å². The van der Waals surface area contributed by atoms with E-state index in [1.807, 2.05) is 4.90 Å². The molecule has 15 heteroatoms. The van der Waals surface area contributed by atoms with Crippen LogP contribution >= 0.6 is 0 Å². The molecule has 4 aromatic rings. The van der Waals surface area contributed by atoms with Gasteiger partial charge in [0.25, 0.3) is 5.91 Å². The van der Waals surface area contributed by atoms with Gasteiger partial charge in [0.05, 0.1) is 46.2 Å². The van der Waals surface area contributed by atoms with Crippen LogP contribution in [0.15, 0.2) is 77.7 Å². The third kappa shape index (κ3) is 8.12. The number of aromatic nitrogens is 1. The molecule has 1 amide bonds. The summed E-state index contributed by atoms with van der Waals surface area (Å²) in [6.45, 7) is 5.24. The summed E-state index contributed by atoms with van der Waals surface area (Å²) in [5, 5.41) is 2.11. The fraction of sp³-hybridized carbons (Fsp3) is 0.405. The number of ether oxygens (including phenoxy) is 1. The Labute approximate surface area is 297 Å². The number of nitrogens with zero attached hydrogens (tertiary/aromatic N) is 3. The number of rotatable bonds is 9. The lowest BCUT2D eigenvalue weighted by Crippen LogP contribution is -2.48. The van der Waals surface area contributed by atoms with Crippen molar-refractivity contribution in [1.82, 2.24) is 20.1 Å². The van der Waals surface area contributed by atoms with Gasteiger partial charge in [0, 0.05) is 42.2 Å². The quantitative estimate of drug-likeness (QED) is 0.184. The Morgan fingerprint density at radius 2 is 1.60 bits per heavy atom. The van der Waals surface area contributed by atoms with E-state index in [0.29, 0.717) is 26.3 Å². The molecule has 3 heterocycles. The predicted molar refractivity (Wildman–Crippen MR) is 183 cm³/mol. The van der Waals surface area contributed by atoms with Crippen LogP contribution in [0, 0.1) is 0 Å². The van der Waals surface area contributed by atoms with Gasteiger partial charge in [-0.25, -0.2) is 13.4 Å². The molecule has 0 bridgehead atoms. The zero-order valence-electron chi connectivity index (χ0n) is 28.3. The molecular formula is C37H38F6N4O4S. The third-order valence-corrected chi connectivity index (χ3v) is 11.5. The average Bonchev–Trinajstić information content (AvgIpc) is 3.13. The van der Waals surface area contributed by atoms with Crippen molar-refractivity contribution in [1.29, 1.82) is 0 Å². The van der Waals surface area contributed by atoms with E-state index < -0.39 is 39.7 Å². The van der Waals surface area contributed by atoms with E-state index in [0.717, 1.165) is 38.1 Å². The summed E-state index contributed by atoms with van der Waals surface area (Å²) in [6, 6.07) is 12.9. The number of benzene rings is 3. The summed E-state index contributed by atoms with van der Waals surface area (Å²) >= 11 is 0. The highest BCUT2D eigenvalue weighted by atomic mass is 32.2. The van der Waals surface area contributed by atoms with Gasteiger partial charge < -0.3 is 10.1 Å². The SMILES string of the molecule is CCS(=O)(=O)c1cccc2c(C(=O)N[C@H](c3ccccc3)C(F)(F)F)c(CN3CCC(N4CCOCC4)CC3)c(-c3cccc(C(F)(F)F)c3)nc12.